The van der Waals surface area contributed by atoms with E-state index in [0.29, 0.717) is 17.4 Å². The Bertz CT molecular complexity index is 634. The summed E-state index contributed by atoms with van der Waals surface area (Å²) in [5.74, 6) is -0.0397. The number of hydrogen-bond donors (Lipinski definition) is 1. The lowest BCUT2D eigenvalue weighted by Gasteiger charge is -2.34. The fourth-order valence-corrected chi connectivity index (χ4v) is 2.43. The van der Waals surface area contributed by atoms with Gasteiger partial charge in [-0.3, -0.25) is 4.79 Å². The van der Waals surface area contributed by atoms with Crippen LogP contribution in [0.15, 0.2) is 30.3 Å². The van der Waals surface area contributed by atoms with Crippen LogP contribution in [0, 0.1) is 0 Å². The summed E-state index contributed by atoms with van der Waals surface area (Å²) in [5, 5.41) is 0.894. The summed E-state index contributed by atoms with van der Waals surface area (Å²) < 4.78 is 0. The summed E-state index contributed by atoms with van der Waals surface area (Å²) >= 11 is 0. The van der Waals surface area contributed by atoms with E-state index >= 15 is 0 Å². The molecule has 4 nitrogen and oxygen atoms in total. The monoisotopic (exact) mass is 255 g/mol. The van der Waals surface area contributed by atoms with Gasteiger partial charge in [-0.05, 0) is 31.4 Å². The molecule has 19 heavy (non-hydrogen) atoms. The van der Waals surface area contributed by atoms with Crippen molar-refractivity contribution in [2.45, 2.75) is 25.3 Å². The quantitative estimate of drug-likeness (QED) is 0.896. The summed E-state index contributed by atoms with van der Waals surface area (Å²) in [6, 6.07) is 9.66. The van der Waals surface area contributed by atoms with Crippen molar-refractivity contribution in [1.29, 1.82) is 0 Å². The van der Waals surface area contributed by atoms with E-state index in [2.05, 4.69) is 4.98 Å². The zero-order valence-electron chi connectivity index (χ0n) is 11.0. The Morgan fingerprint density at radius 1 is 1.37 bits per heavy atom. The minimum atomic E-state index is -0.0397. The van der Waals surface area contributed by atoms with Crippen molar-refractivity contribution in [3.8, 4) is 0 Å². The molecule has 0 radical (unpaired) electrons. The number of rotatable bonds is 2. The molecule has 0 atom stereocenters. The summed E-state index contributed by atoms with van der Waals surface area (Å²) in [6.07, 6.45) is 3.38. The topological polar surface area (TPSA) is 59.2 Å². The number of pyridine rings is 1. The maximum absolute atomic E-state index is 12.4. The Morgan fingerprint density at radius 2 is 2.11 bits per heavy atom. The molecule has 2 N–H and O–H groups in total. The van der Waals surface area contributed by atoms with Gasteiger partial charge in [-0.2, -0.15) is 0 Å². The maximum Gasteiger partial charge on any atom is 0.272 e. The molecular weight excluding hydrogens is 238 g/mol. The Balaban J connectivity index is 1.98. The second-order valence-electron chi connectivity index (χ2n) is 5.11. The molecule has 1 aromatic carbocycles. The number of nitrogens with two attached hydrogens (primary N) is 1. The SMILES string of the molecule is CN(C(=O)c1cc(N)c2ccccc2n1)C1CCC1. The van der Waals surface area contributed by atoms with Crippen molar-refractivity contribution in [3.63, 3.8) is 0 Å². The van der Waals surface area contributed by atoms with Crippen molar-refractivity contribution < 1.29 is 4.79 Å². The van der Waals surface area contributed by atoms with Crippen LogP contribution in [0.5, 0.6) is 0 Å². The fourth-order valence-electron chi connectivity index (χ4n) is 2.43. The number of fused-ring (bicyclic) bond motifs is 1. The highest BCUT2D eigenvalue weighted by Crippen LogP contribution is 2.26. The van der Waals surface area contributed by atoms with E-state index in [1.54, 1.807) is 11.0 Å². The summed E-state index contributed by atoms with van der Waals surface area (Å²) in [7, 11) is 1.85. The molecule has 1 fully saturated rings. The van der Waals surface area contributed by atoms with E-state index in [-0.39, 0.29) is 5.91 Å². The lowest BCUT2D eigenvalue weighted by molar-refractivity contribution is 0.0646. The largest absolute Gasteiger partial charge is 0.398 e. The van der Waals surface area contributed by atoms with Crippen molar-refractivity contribution in [3.05, 3.63) is 36.0 Å². The average Bonchev–Trinajstić information content (AvgIpc) is 2.35. The number of para-hydroxylation sites is 1. The first-order valence-electron chi connectivity index (χ1n) is 6.59. The molecule has 0 saturated heterocycles. The standard InChI is InChI=1S/C15H17N3O/c1-18(10-5-4-6-10)15(19)14-9-12(16)11-7-2-3-8-13(11)17-14/h2-3,7-10H,4-6H2,1H3,(H2,16,17). The molecule has 4 heteroatoms. The number of nitrogen functional groups attached to an aromatic ring is 1. The Labute approximate surface area is 112 Å². The molecule has 0 unspecified atom stereocenters. The number of carbonyl (C=O) groups excluding carboxylic acids is 1. The van der Waals surface area contributed by atoms with Gasteiger partial charge in [0.25, 0.3) is 5.91 Å². The molecule has 1 aromatic heterocycles. The molecule has 0 aliphatic heterocycles. The second-order valence-corrected chi connectivity index (χ2v) is 5.11. The van der Waals surface area contributed by atoms with E-state index in [0.717, 1.165) is 23.7 Å². The van der Waals surface area contributed by atoms with Gasteiger partial charge in [-0.1, -0.05) is 18.2 Å². The first-order chi connectivity index (χ1) is 9.16. The first-order valence-corrected chi connectivity index (χ1v) is 6.59. The van der Waals surface area contributed by atoms with Crippen molar-refractivity contribution in [1.82, 2.24) is 9.88 Å². The van der Waals surface area contributed by atoms with Gasteiger partial charge in [0.15, 0.2) is 0 Å². The molecule has 0 bridgehead atoms. The molecule has 1 saturated carbocycles. The molecule has 1 amide bonds. The highest BCUT2D eigenvalue weighted by molar-refractivity contribution is 5.99. The van der Waals surface area contributed by atoms with E-state index in [1.807, 2.05) is 31.3 Å². The Morgan fingerprint density at radius 3 is 2.79 bits per heavy atom. The number of hydrogen-bond acceptors (Lipinski definition) is 3. The fraction of sp³-hybridized carbons (Fsp3) is 0.333. The van der Waals surface area contributed by atoms with Crippen LogP contribution in [-0.4, -0.2) is 28.9 Å². The number of amides is 1. The average molecular weight is 255 g/mol. The summed E-state index contributed by atoms with van der Waals surface area (Å²) in [4.78, 5) is 18.6. The molecule has 1 aliphatic carbocycles. The van der Waals surface area contributed by atoms with Gasteiger partial charge in [0, 0.05) is 24.2 Å². The molecule has 98 valence electrons. The van der Waals surface area contributed by atoms with Crippen molar-refractivity contribution in [2.24, 2.45) is 0 Å². The van der Waals surface area contributed by atoms with Crippen LogP contribution in [0.2, 0.25) is 0 Å². The van der Waals surface area contributed by atoms with Gasteiger partial charge in [0.05, 0.1) is 5.52 Å². The van der Waals surface area contributed by atoms with Gasteiger partial charge < -0.3 is 10.6 Å². The zero-order valence-corrected chi connectivity index (χ0v) is 11.0. The number of benzene rings is 1. The smallest absolute Gasteiger partial charge is 0.272 e. The molecule has 1 aliphatic rings. The maximum atomic E-state index is 12.4. The lowest BCUT2D eigenvalue weighted by Crippen LogP contribution is -2.41. The van der Waals surface area contributed by atoms with E-state index in [9.17, 15) is 4.79 Å². The van der Waals surface area contributed by atoms with Crippen LogP contribution in [0.4, 0.5) is 5.69 Å². The molecule has 1 heterocycles. The Hall–Kier alpha value is -2.10. The second kappa shape index (κ2) is 4.53. The third-order valence-electron chi connectivity index (χ3n) is 3.91. The summed E-state index contributed by atoms with van der Waals surface area (Å²) in [6.45, 7) is 0. The van der Waals surface area contributed by atoms with Crippen molar-refractivity contribution >= 4 is 22.5 Å². The highest BCUT2D eigenvalue weighted by atomic mass is 16.2. The van der Waals surface area contributed by atoms with Gasteiger partial charge in [0.1, 0.15) is 5.69 Å². The first kappa shape index (κ1) is 12.0. The predicted molar refractivity (Wildman–Crippen MR) is 75.9 cm³/mol. The van der Waals surface area contributed by atoms with Crippen LogP contribution >= 0.6 is 0 Å². The normalized spacial score (nSPS) is 15.2. The minimum absolute atomic E-state index is 0.0397. The van der Waals surface area contributed by atoms with Gasteiger partial charge in [-0.15, -0.1) is 0 Å². The van der Waals surface area contributed by atoms with Crippen LogP contribution in [-0.2, 0) is 0 Å². The number of anilines is 1. The van der Waals surface area contributed by atoms with E-state index in [4.69, 9.17) is 5.73 Å². The number of nitrogens with zero attached hydrogens (tertiary/aromatic N) is 2. The predicted octanol–water partition coefficient (Wildman–Crippen LogP) is 2.44. The molecular formula is C15H17N3O. The van der Waals surface area contributed by atoms with Crippen LogP contribution in [0.25, 0.3) is 10.9 Å². The highest BCUT2D eigenvalue weighted by Gasteiger charge is 2.27. The Kier molecular flexibility index (Phi) is 2.85. The molecule has 3 rings (SSSR count). The number of carbonyl (C=O) groups is 1. The molecule has 2 aromatic rings. The van der Waals surface area contributed by atoms with E-state index in [1.165, 1.54) is 6.42 Å². The van der Waals surface area contributed by atoms with E-state index < -0.39 is 0 Å². The van der Waals surface area contributed by atoms with Crippen molar-refractivity contribution in [2.75, 3.05) is 12.8 Å². The van der Waals surface area contributed by atoms with Crippen LogP contribution in [0.1, 0.15) is 29.8 Å². The third-order valence-corrected chi connectivity index (χ3v) is 3.91. The lowest BCUT2D eigenvalue weighted by atomic mass is 9.91. The van der Waals surface area contributed by atoms with Gasteiger partial charge in [-0.25, -0.2) is 4.98 Å². The van der Waals surface area contributed by atoms with Gasteiger partial charge >= 0.3 is 0 Å². The summed E-state index contributed by atoms with van der Waals surface area (Å²) in [5.41, 5.74) is 7.82. The third kappa shape index (κ3) is 2.03. The van der Waals surface area contributed by atoms with Crippen LogP contribution < -0.4 is 5.73 Å². The molecule has 0 spiro atoms. The minimum Gasteiger partial charge on any atom is -0.398 e. The van der Waals surface area contributed by atoms with Gasteiger partial charge in [0.2, 0.25) is 0 Å². The van der Waals surface area contributed by atoms with Crippen LogP contribution in [0.3, 0.4) is 0 Å². The number of aromatic nitrogens is 1. The zero-order chi connectivity index (χ0) is 13.4.